The molecule has 15 heavy (non-hydrogen) atoms. The number of anilines is 2. The second kappa shape index (κ2) is 3.56. The van der Waals surface area contributed by atoms with Crippen LogP contribution in [0.25, 0.3) is 0 Å². The molecular weight excluding hydrogens is 219 g/mol. The molecule has 0 aliphatic rings. The van der Waals surface area contributed by atoms with Crippen molar-refractivity contribution in [2.24, 2.45) is 0 Å². The maximum absolute atomic E-state index is 12.2. The Labute approximate surface area is 81.7 Å². The van der Waals surface area contributed by atoms with E-state index in [1.54, 1.807) is 0 Å². The van der Waals surface area contributed by atoms with E-state index in [9.17, 15) is 22.0 Å². The third-order valence-corrected chi connectivity index (χ3v) is 1.86. The van der Waals surface area contributed by atoms with E-state index in [0.29, 0.717) is 12.1 Å². The Bertz CT molecular complexity index is 372. The van der Waals surface area contributed by atoms with Gasteiger partial charge in [0, 0.05) is 5.56 Å². The highest BCUT2D eigenvalue weighted by atomic mass is 19.4. The van der Waals surface area contributed by atoms with Gasteiger partial charge in [0.2, 0.25) is 0 Å². The monoisotopic (exact) mass is 226 g/mol. The van der Waals surface area contributed by atoms with E-state index in [4.69, 9.17) is 11.5 Å². The summed E-state index contributed by atoms with van der Waals surface area (Å²) < 4.78 is 61.2. The van der Waals surface area contributed by atoms with Crippen LogP contribution in [-0.2, 0) is 6.18 Å². The molecule has 0 radical (unpaired) electrons. The number of hydrogen-bond acceptors (Lipinski definition) is 2. The highest BCUT2D eigenvalue weighted by Crippen LogP contribution is 2.39. The molecule has 0 bridgehead atoms. The van der Waals surface area contributed by atoms with Gasteiger partial charge in [-0.1, -0.05) is 6.07 Å². The number of alkyl halides is 5. The number of benzene rings is 1. The molecule has 0 spiro atoms. The normalized spacial score (nSPS) is 12.1. The fraction of sp³-hybridized carbons (Fsp3) is 0.250. The van der Waals surface area contributed by atoms with Crippen LogP contribution >= 0.6 is 0 Å². The quantitative estimate of drug-likeness (QED) is 0.571. The molecular formula is C8H7F5N2. The van der Waals surface area contributed by atoms with Gasteiger partial charge in [-0.3, -0.25) is 0 Å². The Morgan fingerprint density at radius 1 is 1.00 bits per heavy atom. The molecule has 0 aliphatic heterocycles. The fourth-order valence-corrected chi connectivity index (χ4v) is 1.09. The largest absolute Gasteiger partial charge is 0.418 e. The smallest absolute Gasteiger partial charge is 0.397 e. The van der Waals surface area contributed by atoms with E-state index in [1.165, 1.54) is 0 Å². The van der Waals surface area contributed by atoms with E-state index in [2.05, 4.69) is 0 Å². The summed E-state index contributed by atoms with van der Waals surface area (Å²) in [5.74, 6) is 0. The number of nitrogen functional groups attached to an aromatic ring is 2. The summed E-state index contributed by atoms with van der Waals surface area (Å²) in [6, 6.07) is 1.12. The second-order valence-corrected chi connectivity index (χ2v) is 2.83. The Morgan fingerprint density at radius 3 is 1.93 bits per heavy atom. The molecule has 0 heterocycles. The standard InChI is InChI=1S/C8H7F5N2/c9-7(10)3-1-2-4(8(11,12)13)6(15)5(3)14/h1-2,7H,14-15H2. The highest BCUT2D eigenvalue weighted by Gasteiger charge is 2.34. The number of halogens is 5. The Hall–Kier alpha value is -1.53. The highest BCUT2D eigenvalue weighted by molar-refractivity contribution is 5.72. The molecule has 1 aromatic carbocycles. The summed E-state index contributed by atoms with van der Waals surface area (Å²) in [7, 11) is 0. The van der Waals surface area contributed by atoms with E-state index in [1.807, 2.05) is 0 Å². The first-order valence-corrected chi connectivity index (χ1v) is 3.78. The molecule has 0 amide bonds. The fourth-order valence-electron chi connectivity index (χ4n) is 1.09. The van der Waals surface area contributed by atoms with Crippen LogP contribution in [0.2, 0.25) is 0 Å². The van der Waals surface area contributed by atoms with Crippen molar-refractivity contribution >= 4 is 11.4 Å². The lowest BCUT2D eigenvalue weighted by Crippen LogP contribution is -2.12. The van der Waals surface area contributed by atoms with Crippen LogP contribution in [0.15, 0.2) is 12.1 Å². The first kappa shape index (κ1) is 11.5. The molecule has 84 valence electrons. The molecule has 0 unspecified atom stereocenters. The minimum Gasteiger partial charge on any atom is -0.397 e. The van der Waals surface area contributed by atoms with Crippen LogP contribution in [0.4, 0.5) is 33.3 Å². The Kier molecular flexibility index (Phi) is 2.74. The lowest BCUT2D eigenvalue weighted by Gasteiger charge is -2.14. The van der Waals surface area contributed by atoms with Crippen LogP contribution in [0.3, 0.4) is 0 Å². The average molecular weight is 226 g/mol. The summed E-state index contributed by atoms with van der Waals surface area (Å²) in [5, 5.41) is 0. The molecule has 0 atom stereocenters. The first-order chi connectivity index (χ1) is 6.75. The summed E-state index contributed by atoms with van der Waals surface area (Å²) in [5.41, 5.74) is 6.62. The third-order valence-electron chi connectivity index (χ3n) is 1.86. The van der Waals surface area contributed by atoms with E-state index >= 15 is 0 Å². The zero-order valence-corrected chi connectivity index (χ0v) is 7.28. The zero-order chi connectivity index (χ0) is 11.8. The van der Waals surface area contributed by atoms with E-state index < -0.39 is 35.1 Å². The van der Waals surface area contributed by atoms with Gasteiger partial charge in [-0.25, -0.2) is 8.78 Å². The average Bonchev–Trinajstić information content (AvgIpc) is 2.06. The van der Waals surface area contributed by atoms with Crippen molar-refractivity contribution in [3.05, 3.63) is 23.3 Å². The molecule has 4 N–H and O–H groups in total. The molecule has 0 aliphatic carbocycles. The van der Waals surface area contributed by atoms with E-state index in [-0.39, 0.29) is 0 Å². The summed E-state index contributed by atoms with van der Waals surface area (Å²) in [6.07, 6.45) is -7.65. The van der Waals surface area contributed by atoms with Crippen molar-refractivity contribution in [3.63, 3.8) is 0 Å². The predicted octanol–water partition coefficient (Wildman–Crippen LogP) is 2.81. The number of nitrogens with two attached hydrogens (primary N) is 2. The van der Waals surface area contributed by atoms with Gasteiger partial charge in [0.05, 0.1) is 16.9 Å². The van der Waals surface area contributed by atoms with Crippen LogP contribution in [0.1, 0.15) is 17.6 Å². The summed E-state index contributed by atoms with van der Waals surface area (Å²) in [4.78, 5) is 0. The molecule has 0 fully saturated rings. The summed E-state index contributed by atoms with van der Waals surface area (Å²) in [6.45, 7) is 0. The lowest BCUT2D eigenvalue weighted by molar-refractivity contribution is -0.136. The van der Waals surface area contributed by atoms with Crippen LogP contribution in [0.5, 0.6) is 0 Å². The van der Waals surface area contributed by atoms with Crippen LogP contribution in [-0.4, -0.2) is 0 Å². The lowest BCUT2D eigenvalue weighted by atomic mass is 10.1. The van der Waals surface area contributed by atoms with Gasteiger partial charge in [-0.05, 0) is 6.07 Å². The molecule has 0 saturated heterocycles. The van der Waals surface area contributed by atoms with E-state index in [0.717, 1.165) is 0 Å². The predicted molar refractivity (Wildman–Crippen MR) is 45.2 cm³/mol. The van der Waals surface area contributed by atoms with Gasteiger partial charge in [0.15, 0.2) is 0 Å². The van der Waals surface area contributed by atoms with Gasteiger partial charge in [-0.15, -0.1) is 0 Å². The van der Waals surface area contributed by atoms with Gasteiger partial charge in [0.25, 0.3) is 6.43 Å². The van der Waals surface area contributed by atoms with Crippen molar-refractivity contribution < 1.29 is 22.0 Å². The van der Waals surface area contributed by atoms with Crippen molar-refractivity contribution in [2.75, 3.05) is 11.5 Å². The van der Waals surface area contributed by atoms with Gasteiger partial charge in [0.1, 0.15) is 0 Å². The Morgan fingerprint density at radius 2 is 1.53 bits per heavy atom. The summed E-state index contributed by atoms with van der Waals surface area (Å²) >= 11 is 0. The van der Waals surface area contributed by atoms with Gasteiger partial charge >= 0.3 is 6.18 Å². The molecule has 1 rings (SSSR count). The van der Waals surface area contributed by atoms with Gasteiger partial charge in [-0.2, -0.15) is 13.2 Å². The molecule has 0 aromatic heterocycles. The molecule has 7 heteroatoms. The van der Waals surface area contributed by atoms with Gasteiger partial charge < -0.3 is 11.5 Å². The molecule has 1 aromatic rings. The molecule has 0 saturated carbocycles. The third kappa shape index (κ3) is 2.11. The topological polar surface area (TPSA) is 52.0 Å². The van der Waals surface area contributed by atoms with Crippen molar-refractivity contribution in [3.8, 4) is 0 Å². The number of hydrogen-bond donors (Lipinski definition) is 2. The SMILES string of the molecule is Nc1c(C(F)F)ccc(C(F)(F)F)c1N. The number of rotatable bonds is 1. The zero-order valence-electron chi connectivity index (χ0n) is 7.28. The first-order valence-electron chi connectivity index (χ1n) is 3.78. The van der Waals surface area contributed by atoms with Crippen molar-refractivity contribution in [1.82, 2.24) is 0 Å². The van der Waals surface area contributed by atoms with Crippen LogP contribution < -0.4 is 11.5 Å². The van der Waals surface area contributed by atoms with Crippen molar-refractivity contribution in [2.45, 2.75) is 12.6 Å². The van der Waals surface area contributed by atoms with Crippen molar-refractivity contribution in [1.29, 1.82) is 0 Å². The minimum absolute atomic E-state index is 0.493. The second-order valence-electron chi connectivity index (χ2n) is 2.83. The Balaban J connectivity index is 3.34. The maximum Gasteiger partial charge on any atom is 0.418 e. The maximum atomic E-state index is 12.2. The molecule has 2 nitrogen and oxygen atoms in total. The minimum atomic E-state index is -4.70. The van der Waals surface area contributed by atoms with Crippen LogP contribution in [0, 0.1) is 0 Å².